The van der Waals surface area contributed by atoms with Gasteiger partial charge in [0.05, 0.1) is 26.4 Å². The fraction of sp³-hybridized carbons (Fsp3) is 0.932. The highest BCUT2D eigenvalue weighted by atomic mass is 31.2. The van der Waals surface area contributed by atoms with E-state index < -0.39 is 97.5 Å². The Morgan fingerprint density at radius 3 is 0.910 bits per heavy atom. The average molecular weight is 1160 g/mol. The number of esters is 4. The van der Waals surface area contributed by atoms with E-state index in [4.69, 9.17) is 37.0 Å². The SMILES string of the molecule is CCCCCCCCCCCCCC(=O)OC[C@H](COP(=O)(O)OC[C@@H](O)COP(=O)(O)OC[C@@H](COC(=O)CCCCCCC)OC(=O)CCCCCCCCC(C)CC)OC(=O)CCCCCCCCCCC(C)CC. The van der Waals surface area contributed by atoms with Gasteiger partial charge >= 0.3 is 39.5 Å². The van der Waals surface area contributed by atoms with Crippen molar-refractivity contribution in [3.63, 3.8) is 0 Å². The van der Waals surface area contributed by atoms with Crippen molar-refractivity contribution >= 4 is 39.5 Å². The molecule has 78 heavy (non-hydrogen) atoms. The van der Waals surface area contributed by atoms with E-state index >= 15 is 0 Å². The summed E-state index contributed by atoms with van der Waals surface area (Å²) in [5, 5.41) is 10.5. The second-order valence-electron chi connectivity index (χ2n) is 21.9. The summed E-state index contributed by atoms with van der Waals surface area (Å²) in [6.45, 7) is 9.31. The van der Waals surface area contributed by atoms with Crippen LogP contribution in [0.25, 0.3) is 0 Å². The molecule has 0 rings (SSSR count). The lowest BCUT2D eigenvalue weighted by Gasteiger charge is -2.21. The van der Waals surface area contributed by atoms with Crippen molar-refractivity contribution < 1.29 is 80.2 Å². The number of phosphoric acid groups is 2. The highest BCUT2D eigenvalue weighted by Crippen LogP contribution is 2.45. The average Bonchev–Trinajstić information content (AvgIpc) is 3.41. The summed E-state index contributed by atoms with van der Waals surface area (Å²) in [6.07, 6.45) is 32.4. The number of ether oxygens (including phenoxy) is 4. The van der Waals surface area contributed by atoms with Crippen molar-refractivity contribution in [3.05, 3.63) is 0 Å². The van der Waals surface area contributed by atoms with Crippen molar-refractivity contribution in [2.24, 2.45) is 11.8 Å². The standard InChI is InChI=1S/C59H114O17P2/c1-7-11-13-15-16-17-18-19-23-30-36-42-57(62)70-48-55(75-58(63)43-37-31-24-21-20-22-28-33-39-51(5)9-3)50-74-78(67,68)72-46-53(60)45-71-77(65,66)73-49-54(47-69-56(61)41-35-27-14-12-8-2)76-59(64)44-38-32-26-25-29-34-40-52(6)10-4/h51-55,60H,7-50H2,1-6H3,(H,65,66)(H,67,68)/t51?,52?,53-,54+,55+/m0/s1. The van der Waals surface area contributed by atoms with Gasteiger partial charge in [0.1, 0.15) is 19.3 Å². The molecule has 0 aromatic heterocycles. The molecule has 0 heterocycles. The molecule has 0 aromatic rings. The number of hydrogen-bond acceptors (Lipinski definition) is 15. The number of hydrogen-bond donors (Lipinski definition) is 3. The Balaban J connectivity index is 5.20. The molecule has 0 saturated carbocycles. The quantitative estimate of drug-likeness (QED) is 0.0222. The fourth-order valence-corrected chi connectivity index (χ4v) is 10.2. The highest BCUT2D eigenvalue weighted by molar-refractivity contribution is 7.47. The first-order valence-corrected chi connectivity index (χ1v) is 34.1. The van der Waals surface area contributed by atoms with Gasteiger partial charge in [0.2, 0.25) is 0 Å². The molecule has 0 aromatic carbocycles. The summed E-state index contributed by atoms with van der Waals surface area (Å²) in [5.74, 6) is -0.664. The molecule has 0 radical (unpaired) electrons. The van der Waals surface area contributed by atoms with Gasteiger partial charge in [0.25, 0.3) is 0 Å². The molecule has 0 amide bonds. The Labute approximate surface area is 473 Å². The van der Waals surface area contributed by atoms with Crippen LogP contribution in [-0.4, -0.2) is 96.7 Å². The summed E-state index contributed by atoms with van der Waals surface area (Å²) in [4.78, 5) is 71.7. The van der Waals surface area contributed by atoms with Crippen molar-refractivity contribution in [3.8, 4) is 0 Å². The number of rotatable bonds is 58. The van der Waals surface area contributed by atoms with E-state index in [0.29, 0.717) is 25.7 Å². The predicted molar refractivity (Wildman–Crippen MR) is 308 cm³/mol. The third-order valence-electron chi connectivity index (χ3n) is 14.2. The van der Waals surface area contributed by atoms with Gasteiger partial charge in [0.15, 0.2) is 12.2 Å². The van der Waals surface area contributed by atoms with E-state index in [1.165, 1.54) is 96.3 Å². The minimum atomic E-state index is -4.94. The zero-order valence-corrected chi connectivity index (χ0v) is 51.7. The number of carbonyl (C=O) groups is 4. The number of aliphatic hydroxyl groups excluding tert-OH is 1. The number of unbranched alkanes of at least 4 members (excludes halogenated alkanes) is 26. The third kappa shape index (κ3) is 51.0. The molecular weight excluding hydrogens is 1040 g/mol. The molecule has 4 unspecified atom stereocenters. The topological polar surface area (TPSA) is 237 Å². The van der Waals surface area contributed by atoms with Crippen molar-refractivity contribution in [2.75, 3.05) is 39.6 Å². The minimum Gasteiger partial charge on any atom is -0.462 e. The Kier molecular flexibility index (Phi) is 50.6. The summed E-state index contributed by atoms with van der Waals surface area (Å²) in [6, 6.07) is 0. The normalized spacial score (nSPS) is 15.1. The van der Waals surface area contributed by atoms with Crippen LogP contribution in [0, 0.1) is 11.8 Å². The third-order valence-corrected chi connectivity index (χ3v) is 16.1. The molecule has 0 saturated heterocycles. The van der Waals surface area contributed by atoms with Gasteiger partial charge in [-0.15, -0.1) is 0 Å². The van der Waals surface area contributed by atoms with Crippen LogP contribution in [-0.2, 0) is 65.4 Å². The van der Waals surface area contributed by atoms with Gasteiger partial charge in [-0.05, 0) is 37.5 Å². The smallest absolute Gasteiger partial charge is 0.462 e. The van der Waals surface area contributed by atoms with E-state index in [2.05, 4.69) is 41.5 Å². The van der Waals surface area contributed by atoms with Gasteiger partial charge in [-0.1, -0.05) is 234 Å². The molecule has 17 nitrogen and oxygen atoms in total. The van der Waals surface area contributed by atoms with Crippen LogP contribution in [0.5, 0.6) is 0 Å². The molecule has 0 spiro atoms. The Hall–Kier alpha value is -1.94. The van der Waals surface area contributed by atoms with Crippen LogP contribution in [0.2, 0.25) is 0 Å². The largest absolute Gasteiger partial charge is 0.472 e. The van der Waals surface area contributed by atoms with Crippen LogP contribution in [0.3, 0.4) is 0 Å². The van der Waals surface area contributed by atoms with E-state index in [0.717, 1.165) is 108 Å². The van der Waals surface area contributed by atoms with Crippen LogP contribution < -0.4 is 0 Å². The van der Waals surface area contributed by atoms with E-state index in [9.17, 15) is 43.2 Å². The van der Waals surface area contributed by atoms with Crippen LogP contribution >= 0.6 is 15.6 Å². The zero-order chi connectivity index (χ0) is 58.0. The number of carbonyl (C=O) groups excluding carboxylic acids is 4. The fourth-order valence-electron chi connectivity index (χ4n) is 8.58. The molecular formula is C59H114O17P2. The Morgan fingerprint density at radius 1 is 0.359 bits per heavy atom. The highest BCUT2D eigenvalue weighted by Gasteiger charge is 2.30. The molecule has 19 heteroatoms. The van der Waals surface area contributed by atoms with Gasteiger partial charge in [-0.25, -0.2) is 9.13 Å². The predicted octanol–water partition coefficient (Wildman–Crippen LogP) is 15.7. The first kappa shape index (κ1) is 76.1. The Morgan fingerprint density at radius 2 is 0.615 bits per heavy atom. The molecule has 0 aliphatic heterocycles. The van der Waals surface area contributed by atoms with Gasteiger partial charge in [-0.3, -0.25) is 37.3 Å². The number of phosphoric ester groups is 2. The molecule has 462 valence electrons. The molecule has 0 fully saturated rings. The van der Waals surface area contributed by atoms with Gasteiger partial charge < -0.3 is 33.8 Å². The lowest BCUT2D eigenvalue weighted by Crippen LogP contribution is -2.30. The lowest BCUT2D eigenvalue weighted by molar-refractivity contribution is -0.161. The molecule has 3 N–H and O–H groups in total. The minimum absolute atomic E-state index is 0.102. The van der Waals surface area contributed by atoms with Crippen molar-refractivity contribution in [1.82, 2.24) is 0 Å². The summed E-state index contributed by atoms with van der Waals surface area (Å²) < 4.78 is 67.6. The molecule has 7 atom stereocenters. The first-order valence-electron chi connectivity index (χ1n) is 31.1. The van der Waals surface area contributed by atoms with E-state index in [-0.39, 0.29) is 25.7 Å². The maximum absolute atomic E-state index is 12.9. The summed E-state index contributed by atoms with van der Waals surface area (Å²) in [5.41, 5.74) is 0. The van der Waals surface area contributed by atoms with Crippen molar-refractivity contribution in [1.29, 1.82) is 0 Å². The second-order valence-corrected chi connectivity index (χ2v) is 24.8. The first-order chi connectivity index (χ1) is 37.4. The van der Waals surface area contributed by atoms with Crippen LogP contribution in [0.4, 0.5) is 0 Å². The molecule has 0 aliphatic rings. The van der Waals surface area contributed by atoms with Gasteiger partial charge in [-0.2, -0.15) is 0 Å². The number of aliphatic hydroxyl groups is 1. The van der Waals surface area contributed by atoms with Crippen LogP contribution in [0.15, 0.2) is 0 Å². The lowest BCUT2D eigenvalue weighted by atomic mass is 9.99. The van der Waals surface area contributed by atoms with Gasteiger partial charge in [0, 0.05) is 25.7 Å². The zero-order valence-electron chi connectivity index (χ0n) is 50.0. The van der Waals surface area contributed by atoms with E-state index in [1.807, 2.05) is 0 Å². The molecule has 0 aliphatic carbocycles. The van der Waals surface area contributed by atoms with E-state index in [1.54, 1.807) is 0 Å². The Bertz CT molecular complexity index is 1550. The van der Waals surface area contributed by atoms with Crippen LogP contribution in [0.1, 0.15) is 286 Å². The maximum Gasteiger partial charge on any atom is 0.472 e. The second kappa shape index (κ2) is 51.9. The maximum atomic E-state index is 12.9. The summed E-state index contributed by atoms with van der Waals surface area (Å²) >= 11 is 0. The monoisotopic (exact) mass is 1160 g/mol. The van der Waals surface area contributed by atoms with Crippen molar-refractivity contribution in [2.45, 2.75) is 304 Å². The summed E-state index contributed by atoms with van der Waals surface area (Å²) in [7, 11) is -9.87. The molecule has 0 bridgehead atoms.